The monoisotopic (exact) mass is 312 g/mol. The molecule has 0 saturated carbocycles. The summed E-state index contributed by atoms with van der Waals surface area (Å²) in [6, 6.07) is 12.7. The molecule has 7 heteroatoms. The quantitative estimate of drug-likeness (QED) is 0.755. The molecular formula is C16H13FN4O2. The molecule has 0 unspecified atom stereocenters. The zero-order valence-corrected chi connectivity index (χ0v) is 12.0. The minimum Gasteiger partial charge on any atom is -0.419 e. The zero-order valence-electron chi connectivity index (χ0n) is 12.0. The van der Waals surface area contributed by atoms with E-state index in [2.05, 4.69) is 15.5 Å². The number of carbonyl (C=O) groups excluding carboxylic acids is 1. The number of anilines is 1. The van der Waals surface area contributed by atoms with E-state index < -0.39 is 5.91 Å². The predicted molar refractivity (Wildman–Crippen MR) is 82.0 cm³/mol. The van der Waals surface area contributed by atoms with Crippen molar-refractivity contribution in [3.63, 3.8) is 0 Å². The SMILES string of the molecule is NC(=O)c1ccccc1NCc1nnc(-c2cccc(F)c2)o1. The van der Waals surface area contributed by atoms with E-state index in [-0.39, 0.29) is 18.3 Å². The largest absolute Gasteiger partial charge is 0.419 e. The number of hydrogen-bond donors (Lipinski definition) is 2. The van der Waals surface area contributed by atoms with Crippen molar-refractivity contribution in [2.24, 2.45) is 5.73 Å². The summed E-state index contributed by atoms with van der Waals surface area (Å²) in [6.45, 7) is 0.215. The second kappa shape index (κ2) is 6.27. The van der Waals surface area contributed by atoms with Gasteiger partial charge in [0.1, 0.15) is 5.82 Å². The Morgan fingerprint density at radius 2 is 2.00 bits per heavy atom. The van der Waals surface area contributed by atoms with E-state index in [1.165, 1.54) is 12.1 Å². The molecular weight excluding hydrogens is 299 g/mol. The van der Waals surface area contributed by atoms with Crippen LogP contribution in [0.3, 0.4) is 0 Å². The Bertz CT molecular complexity index is 847. The summed E-state index contributed by atoms with van der Waals surface area (Å²) in [5.74, 6) is -0.372. The van der Waals surface area contributed by atoms with Gasteiger partial charge in [0.15, 0.2) is 0 Å². The molecule has 0 aliphatic carbocycles. The standard InChI is InChI=1S/C16H13FN4O2/c17-11-5-3-4-10(8-11)16-21-20-14(23-16)9-19-13-7-2-1-6-12(13)15(18)22/h1-8,19H,9H2,(H2,18,22). The van der Waals surface area contributed by atoms with Gasteiger partial charge in [0, 0.05) is 11.3 Å². The van der Waals surface area contributed by atoms with Crippen molar-refractivity contribution in [2.75, 3.05) is 5.32 Å². The third kappa shape index (κ3) is 3.34. The van der Waals surface area contributed by atoms with E-state index in [1.807, 2.05) is 0 Å². The van der Waals surface area contributed by atoms with E-state index in [0.29, 0.717) is 22.7 Å². The highest BCUT2D eigenvalue weighted by molar-refractivity contribution is 5.98. The number of para-hydroxylation sites is 1. The molecule has 23 heavy (non-hydrogen) atoms. The Morgan fingerprint density at radius 3 is 2.78 bits per heavy atom. The van der Waals surface area contributed by atoms with Gasteiger partial charge in [0.25, 0.3) is 5.91 Å². The second-order valence-corrected chi connectivity index (χ2v) is 4.77. The van der Waals surface area contributed by atoms with E-state index in [1.54, 1.807) is 36.4 Å². The molecule has 6 nitrogen and oxygen atoms in total. The van der Waals surface area contributed by atoms with Crippen LogP contribution in [0.15, 0.2) is 52.9 Å². The predicted octanol–water partition coefficient (Wildman–Crippen LogP) is 2.59. The van der Waals surface area contributed by atoms with Crippen molar-refractivity contribution < 1.29 is 13.6 Å². The number of halogens is 1. The van der Waals surface area contributed by atoms with Crippen LogP contribution in [0.5, 0.6) is 0 Å². The maximum atomic E-state index is 13.2. The smallest absolute Gasteiger partial charge is 0.250 e. The van der Waals surface area contributed by atoms with Gasteiger partial charge in [-0.3, -0.25) is 4.79 Å². The van der Waals surface area contributed by atoms with Gasteiger partial charge in [-0.15, -0.1) is 10.2 Å². The summed E-state index contributed by atoms with van der Waals surface area (Å²) in [4.78, 5) is 11.3. The van der Waals surface area contributed by atoms with Crippen molar-refractivity contribution in [1.29, 1.82) is 0 Å². The van der Waals surface area contributed by atoms with Gasteiger partial charge in [-0.05, 0) is 30.3 Å². The molecule has 3 N–H and O–H groups in total. The fourth-order valence-corrected chi connectivity index (χ4v) is 2.09. The summed E-state index contributed by atoms with van der Waals surface area (Å²) < 4.78 is 18.7. The highest BCUT2D eigenvalue weighted by Gasteiger charge is 2.11. The van der Waals surface area contributed by atoms with Crippen LogP contribution in [0, 0.1) is 5.82 Å². The van der Waals surface area contributed by atoms with Gasteiger partial charge in [-0.25, -0.2) is 4.39 Å². The molecule has 3 rings (SSSR count). The first-order chi connectivity index (χ1) is 11.1. The maximum absolute atomic E-state index is 13.2. The number of benzene rings is 2. The molecule has 0 radical (unpaired) electrons. The Kier molecular flexibility index (Phi) is 4.01. The minimum absolute atomic E-state index is 0.215. The van der Waals surface area contributed by atoms with Crippen molar-refractivity contribution in [3.8, 4) is 11.5 Å². The average Bonchev–Trinajstić information content (AvgIpc) is 3.02. The van der Waals surface area contributed by atoms with Crippen LogP contribution >= 0.6 is 0 Å². The molecule has 0 aliphatic rings. The highest BCUT2D eigenvalue weighted by Crippen LogP contribution is 2.20. The normalized spacial score (nSPS) is 10.5. The summed E-state index contributed by atoms with van der Waals surface area (Å²) >= 11 is 0. The van der Waals surface area contributed by atoms with Gasteiger partial charge in [-0.1, -0.05) is 18.2 Å². The first kappa shape index (κ1) is 14.7. The lowest BCUT2D eigenvalue weighted by Gasteiger charge is -2.07. The van der Waals surface area contributed by atoms with E-state index >= 15 is 0 Å². The van der Waals surface area contributed by atoms with Crippen LogP contribution < -0.4 is 11.1 Å². The number of nitrogens with one attached hydrogen (secondary N) is 1. The zero-order chi connectivity index (χ0) is 16.2. The molecule has 1 heterocycles. The van der Waals surface area contributed by atoms with Crippen LogP contribution in [0.2, 0.25) is 0 Å². The van der Waals surface area contributed by atoms with Crippen LogP contribution in [0.25, 0.3) is 11.5 Å². The Balaban J connectivity index is 1.74. The summed E-state index contributed by atoms with van der Waals surface area (Å²) in [5, 5.41) is 10.8. The average molecular weight is 312 g/mol. The third-order valence-corrected chi connectivity index (χ3v) is 3.16. The molecule has 0 saturated heterocycles. The number of rotatable bonds is 5. The molecule has 116 valence electrons. The molecule has 0 atom stereocenters. The number of carbonyl (C=O) groups is 1. The molecule has 0 spiro atoms. The molecule has 0 fully saturated rings. The molecule has 0 aliphatic heterocycles. The van der Waals surface area contributed by atoms with Crippen LogP contribution in [-0.2, 0) is 6.54 Å². The summed E-state index contributed by atoms with van der Waals surface area (Å²) in [7, 11) is 0. The topological polar surface area (TPSA) is 94.0 Å². The van der Waals surface area contributed by atoms with Crippen molar-refractivity contribution in [2.45, 2.75) is 6.54 Å². The summed E-state index contributed by atoms with van der Waals surface area (Å²) in [6.07, 6.45) is 0. The van der Waals surface area contributed by atoms with Crippen molar-refractivity contribution >= 4 is 11.6 Å². The molecule has 1 aromatic heterocycles. The first-order valence-electron chi connectivity index (χ1n) is 6.84. The second-order valence-electron chi connectivity index (χ2n) is 4.77. The Hall–Kier alpha value is -3.22. The van der Waals surface area contributed by atoms with Gasteiger partial charge >= 0.3 is 0 Å². The molecule has 2 aromatic carbocycles. The fraction of sp³-hybridized carbons (Fsp3) is 0.0625. The molecule has 1 amide bonds. The van der Waals surface area contributed by atoms with Crippen LogP contribution in [0.1, 0.15) is 16.2 Å². The molecule has 0 bridgehead atoms. The maximum Gasteiger partial charge on any atom is 0.250 e. The lowest BCUT2D eigenvalue weighted by Crippen LogP contribution is -2.14. The Labute approximate surface area is 131 Å². The number of hydrogen-bond acceptors (Lipinski definition) is 5. The lowest BCUT2D eigenvalue weighted by atomic mass is 10.1. The number of aromatic nitrogens is 2. The van der Waals surface area contributed by atoms with Gasteiger partial charge in [0.05, 0.1) is 12.1 Å². The van der Waals surface area contributed by atoms with Gasteiger partial charge < -0.3 is 15.5 Å². The number of primary amides is 1. The fourth-order valence-electron chi connectivity index (χ4n) is 2.09. The molecule has 3 aromatic rings. The van der Waals surface area contributed by atoms with Crippen molar-refractivity contribution in [3.05, 3.63) is 65.8 Å². The Morgan fingerprint density at radius 1 is 1.17 bits per heavy atom. The lowest BCUT2D eigenvalue weighted by molar-refractivity contribution is 0.100. The van der Waals surface area contributed by atoms with E-state index in [4.69, 9.17) is 10.2 Å². The number of amides is 1. The highest BCUT2D eigenvalue weighted by atomic mass is 19.1. The van der Waals surface area contributed by atoms with Gasteiger partial charge in [0.2, 0.25) is 11.8 Å². The number of nitrogens with zero attached hydrogens (tertiary/aromatic N) is 2. The van der Waals surface area contributed by atoms with Gasteiger partial charge in [-0.2, -0.15) is 0 Å². The van der Waals surface area contributed by atoms with Crippen molar-refractivity contribution in [1.82, 2.24) is 10.2 Å². The van der Waals surface area contributed by atoms with E-state index in [9.17, 15) is 9.18 Å². The van der Waals surface area contributed by atoms with E-state index in [0.717, 1.165) is 0 Å². The van der Waals surface area contributed by atoms with Crippen LogP contribution in [0.4, 0.5) is 10.1 Å². The van der Waals surface area contributed by atoms with Crippen LogP contribution in [-0.4, -0.2) is 16.1 Å². The number of nitrogens with two attached hydrogens (primary N) is 1. The minimum atomic E-state index is -0.529. The summed E-state index contributed by atoms with van der Waals surface area (Å²) in [5.41, 5.74) is 6.76. The third-order valence-electron chi connectivity index (χ3n) is 3.16. The first-order valence-corrected chi connectivity index (χ1v) is 6.84.